The first kappa shape index (κ1) is 12.7. The largest absolute Gasteiger partial charge is 0.307 e. The third-order valence-electron chi connectivity index (χ3n) is 2.36. The van der Waals surface area contributed by atoms with E-state index < -0.39 is 0 Å². The predicted molar refractivity (Wildman–Crippen MR) is 75.8 cm³/mol. The second-order valence-corrected chi connectivity index (χ2v) is 5.32. The fourth-order valence-electron chi connectivity index (χ4n) is 1.52. The molecule has 2 rings (SSSR count). The quantitative estimate of drug-likeness (QED) is 0.703. The van der Waals surface area contributed by atoms with Crippen LogP contribution in [0.5, 0.6) is 0 Å². The van der Waals surface area contributed by atoms with Crippen molar-refractivity contribution in [2.75, 3.05) is 0 Å². The highest BCUT2D eigenvalue weighted by molar-refractivity contribution is 9.10. The lowest BCUT2D eigenvalue weighted by molar-refractivity contribution is 1.05. The minimum absolute atomic E-state index is 0.569. The van der Waals surface area contributed by atoms with Crippen molar-refractivity contribution in [1.29, 1.82) is 5.26 Å². The summed E-state index contributed by atoms with van der Waals surface area (Å²) in [6, 6.07) is 9.65. The van der Waals surface area contributed by atoms with Crippen LogP contribution >= 0.6 is 43.5 Å². The number of hydrogen-bond donors (Lipinski definition) is 0. The van der Waals surface area contributed by atoms with E-state index in [1.165, 1.54) is 0 Å². The molecule has 86 valence electrons. The molecule has 0 saturated heterocycles. The number of hydrogen-bond acceptors (Lipinski definition) is 1. The standard InChI is InChI=1S/C12H7Br2ClN2/c13-5-8-1-2-10(4-12(8)15)17-7-9(14)3-11(17)6-16/h1-4,7H,5H2. The summed E-state index contributed by atoms with van der Waals surface area (Å²) in [5.41, 5.74) is 2.47. The van der Waals surface area contributed by atoms with Crippen molar-refractivity contribution in [2.24, 2.45) is 0 Å². The molecule has 0 fully saturated rings. The number of halogens is 3. The minimum Gasteiger partial charge on any atom is -0.307 e. The SMILES string of the molecule is N#Cc1cc(Br)cn1-c1ccc(CBr)c(Cl)c1. The monoisotopic (exact) mass is 372 g/mol. The van der Waals surface area contributed by atoms with Gasteiger partial charge in [0.2, 0.25) is 0 Å². The van der Waals surface area contributed by atoms with Gasteiger partial charge in [-0.15, -0.1) is 0 Å². The van der Waals surface area contributed by atoms with Crippen LogP contribution in [-0.4, -0.2) is 4.57 Å². The second kappa shape index (κ2) is 5.26. The maximum atomic E-state index is 9.03. The molecule has 0 atom stereocenters. The van der Waals surface area contributed by atoms with E-state index in [4.69, 9.17) is 16.9 Å². The highest BCUT2D eigenvalue weighted by Gasteiger charge is 2.07. The molecular weight excluding hydrogens is 367 g/mol. The molecule has 0 unspecified atom stereocenters. The van der Waals surface area contributed by atoms with Gasteiger partial charge in [-0.05, 0) is 39.7 Å². The molecule has 0 amide bonds. The molecule has 1 aromatic heterocycles. The number of benzene rings is 1. The summed E-state index contributed by atoms with van der Waals surface area (Å²) in [5.74, 6) is 0. The Kier molecular flexibility index (Phi) is 3.93. The average molecular weight is 374 g/mol. The number of rotatable bonds is 2. The van der Waals surface area contributed by atoms with Crippen LogP contribution in [0.4, 0.5) is 0 Å². The van der Waals surface area contributed by atoms with Gasteiger partial charge in [0.1, 0.15) is 11.8 Å². The number of alkyl halides is 1. The summed E-state index contributed by atoms with van der Waals surface area (Å²) in [6.07, 6.45) is 1.85. The summed E-state index contributed by atoms with van der Waals surface area (Å²) < 4.78 is 2.67. The summed E-state index contributed by atoms with van der Waals surface area (Å²) in [6.45, 7) is 0. The summed E-state index contributed by atoms with van der Waals surface area (Å²) in [5, 5.41) is 10.4. The van der Waals surface area contributed by atoms with E-state index in [1.807, 2.05) is 24.4 Å². The van der Waals surface area contributed by atoms with Crippen LogP contribution in [-0.2, 0) is 5.33 Å². The Bertz CT molecular complexity index is 599. The predicted octanol–water partition coefficient (Wildman–Crippen LogP) is 4.66. The van der Waals surface area contributed by atoms with Gasteiger partial charge in [0.15, 0.2) is 0 Å². The van der Waals surface area contributed by atoms with Crippen LogP contribution in [0.2, 0.25) is 5.02 Å². The molecule has 0 bridgehead atoms. The van der Waals surface area contributed by atoms with E-state index in [2.05, 4.69) is 37.9 Å². The molecule has 1 aromatic carbocycles. The average Bonchev–Trinajstić information content (AvgIpc) is 2.70. The van der Waals surface area contributed by atoms with Gasteiger partial charge >= 0.3 is 0 Å². The molecule has 2 nitrogen and oxygen atoms in total. The summed E-state index contributed by atoms with van der Waals surface area (Å²) in [7, 11) is 0. The Morgan fingerprint density at radius 2 is 2.12 bits per heavy atom. The first-order valence-electron chi connectivity index (χ1n) is 4.78. The van der Waals surface area contributed by atoms with Gasteiger partial charge in [-0.1, -0.05) is 33.6 Å². The molecule has 0 aliphatic heterocycles. The Labute approximate surface area is 121 Å². The lowest BCUT2D eigenvalue weighted by atomic mass is 10.2. The summed E-state index contributed by atoms with van der Waals surface area (Å²) >= 11 is 12.9. The van der Waals surface area contributed by atoms with E-state index in [1.54, 1.807) is 10.6 Å². The molecule has 2 aromatic rings. The molecule has 5 heteroatoms. The van der Waals surface area contributed by atoms with Crippen molar-refractivity contribution in [3.63, 3.8) is 0 Å². The van der Waals surface area contributed by atoms with E-state index >= 15 is 0 Å². The van der Waals surface area contributed by atoms with Gasteiger partial charge in [-0.25, -0.2) is 0 Å². The fraction of sp³-hybridized carbons (Fsp3) is 0.0833. The van der Waals surface area contributed by atoms with Crippen LogP contribution in [0.25, 0.3) is 5.69 Å². The van der Waals surface area contributed by atoms with Crippen molar-refractivity contribution in [1.82, 2.24) is 4.57 Å². The summed E-state index contributed by atoms with van der Waals surface area (Å²) in [4.78, 5) is 0. The van der Waals surface area contributed by atoms with Gasteiger partial charge in [-0.2, -0.15) is 5.26 Å². The Hall–Kier alpha value is -0.760. The number of nitrogens with zero attached hydrogens (tertiary/aromatic N) is 2. The van der Waals surface area contributed by atoms with Crippen molar-refractivity contribution < 1.29 is 0 Å². The van der Waals surface area contributed by atoms with Crippen LogP contribution < -0.4 is 0 Å². The normalized spacial score (nSPS) is 10.2. The third-order valence-corrected chi connectivity index (χ3v) is 3.75. The zero-order chi connectivity index (χ0) is 12.4. The third kappa shape index (κ3) is 2.57. The van der Waals surface area contributed by atoms with Gasteiger partial charge in [0.05, 0.1) is 0 Å². The van der Waals surface area contributed by atoms with Gasteiger partial charge in [0, 0.05) is 26.7 Å². The molecule has 0 aliphatic rings. The minimum atomic E-state index is 0.569. The van der Waals surface area contributed by atoms with E-state index in [0.717, 1.165) is 15.7 Å². The van der Waals surface area contributed by atoms with Crippen LogP contribution in [0, 0.1) is 11.3 Å². The van der Waals surface area contributed by atoms with Gasteiger partial charge in [0.25, 0.3) is 0 Å². The van der Waals surface area contributed by atoms with Crippen molar-refractivity contribution in [3.8, 4) is 11.8 Å². The van der Waals surface area contributed by atoms with Gasteiger partial charge < -0.3 is 4.57 Å². The van der Waals surface area contributed by atoms with Crippen LogP contribution in [0.15, 0.2) is 34.9 Å². The molecule has 0 N–H and O–H groups in total. The molecule has 0 spiro atoms. The number of aromatic nitrogens is 1. The second-order valence-electron chi connectivity index (χ2n) is 3.43. The topological polar surface area (TPSA) is 28.7 Å². The zero-order valence-electron chi connectivity index (χ0n) is 8.62. The molecule has 17 heavy (non-hydrogen) atoms. The van der Waals surface area contributed by atoms with Crippen LogP contribution in [0.3, 0.4) is 0 Å². The lowest BCUT2D eigenvalue weighted by Crippen LogP contribution is -1.95. The molecular formula is C12H7Br2ClN2. The smallest absolute Gasteiger partial charge is 0.125 e. The Balaban J connectivity index is 2.54. The van der Waals surface area contributed by atoms with E-state index in [-0.39, 0.29) is 0 Å². The van der Waals surface area contributed by atoms with Crippen molar-refractivity contribution in [2.45, 2.75) is 5.33 Å². The highest BCUT2D eigenvalue weighted by Crippen LogP contribution is 2.25. The van der Waals surface area contributed by atoms with E-state index in [0.29, 0.717) is 16.0 Å². The van der Waals surface area contributed by atoms with Crippen LogP contribution in [0.1, 0.15) is 11.3 Å². The molecule has 0 radical (unpaired) electrons. The lowest BCUT2D eigenvalue weighted by Gasteiger charge is -2.07. The highest BCUT2D eigenvalue weighted by atomic mass is 79.9. The van der Waals surface area contributed by atoms with Gasteiger partial charge in [-0.3, -0.25) is 0 Å². The fourth-order valence-corrected chi connectivity index (χ4v) is 2.84. The maximum absolute atomic E-state index is 9.03. The maximum Gasteiger partial charge on any atom is 0.125 e. The Morgan fingerprint density at radius 1 is 1.35 bits per heavy atom. The molecule has 1 heterocycles. The van der Waals surface area contributed by atoms with E-state index in [9.17, 15) is 0 Å². The Morgan fingerprint density at radius 3 is 2.71 bits per heavy atom. The first-order valence-corrected chi connectivity index (χ1v) is 7.07. The molecule has 0 saturated carbocycles. The number of nitriles is 1. The van der Waals surface area contributed by atoms with Crippen molar-refractivity contribution >= 4 is 43.5 Å². The van der Waals surface area contributed by atoms with Crippen molar-refractivity contribution in [3.05, 3.63) is 51.2 Å². The molecule has 0 aliphatic carbocycles. The first-order chi connectivity index (χ1) is 8.15. The zero-order valence-corrected chi connectivity index (χ0v) is 12.6.